The lowest BCUT2D eigenvalue weighted by Gasteiger charge is -2.08. The molecule has 108 valence electrons. The highest BCUT2D eigenvalue weighted by Gasteiger charge is 2.09. The first-order chi connectivity index (χ1) is 10.2. The fourth-order valence-electron chi connectivity index (χ4n) is 1.64. The lowest BCUT2D eigenvalue weighted by Crippen LogP contribution is -2.28. The molecule has 3 nitrogen and oxygen atoms in total. The number of amidine groups is 1. The normalized spacial score (nSPS) is 11.2. The van der Waals surface area contributed by atoms with Crippen LogP contribution < -0.4 is 5.32 Å². The van der Waals surface area contributed by atoms with E-state index in [2.05, 4.69) is 10.3 Å². The Balaban J connectivity index is 2.20. The summed E-state index contributed by atoms with van der Waals surface area (Å²) in [5, 5.41) is 3.92. The predicted octanol–water partition coefficient (Wildman–Crippen LogP) is 4.51. The third-order valence-corrected chi connectivity index (χ3v) is 3.69. The number of carbonyl (C=O) groups is 1. The van der Waals surface area contributed by atoms with E-state index in [1.807, 2.05) is 43.3 Å². The molecule has 0 saturated heterocycles. The van der Waals surface area contributed by atoms with Crippen molar-refractivity contribution in [1.29, 1.82) is 0 Å². The van der Waals surface area contributed by atoms with E-state index in [0.717, 1.165) is 5.75 Å². The quantitative estimate of drug-likeness (QED) is 0.668. The molecule has 2 rings (SSSR count). The molecule has 0 fully saturated rings. The second-order valence-corrected chi connectivity index (χ2v) is 5.78. The molecule has 0 saturated carbocycles. The van der Waals surface area contributed by atoms with Gasteiger partial charge in [-0.05, 0) is 30.0 Å². The molecule has 0 heterocycles. The van der Waals surface area contributed by atoms with Crippen molar-refractivity contribution in [3.05, 3.63) is 65.2 Å². The first-order valence-corrected chi connectivity index (χ1v) is 7.89. The molecule has 2 aromatic rings. The van der Waals surface area contributed by atoms with Crippen LogP contribution in [0.3, 0.4) is 0 Å². The van der Waals surface area contributed by atoms with Crippen molar-refractivity contribution in [3.8, 4) is 0 Å². The number of amides is 1. The summed E-state index contributed by atoms with van der Waals surface area (Å²) in [6, 6.07) is 16.3. The molecule has 0 bridgehead atoms. The minimum absolute atomic E-state index is 0.178. The summed E-state index contributed by atoms with van der Waals surface area (Å²) in [6.07, 6.45) is 0. The number of hydrogen-bond acceptors (Lipinski definition) is 3. The van der Waals surface area contributed by atoms with E-state index in [-0.39, 0.29) is 5.91 Å². The Morgan fingerprint density at radius 1 is 1.14 bits per heavy atom. The smallest absolute Gasteiger partial charge is 0.257 e. The topological polar surface area (TPSA) is 41.5 Å². The van der Waals surface area contributed by atoms with Gasteiger partial charge in [-0.2, -0.15) is 0 Å². The summed E-state index contributed by atoms with van der Waals surface area (Å²) in [7, 11) is 0. The van der Waals surface area contributed by atoms with Crippen LogP contribution in [0.15, 0.2) is 59.6 Å². The van der Waals surface area contributed by atoms with Crippen LogP contribution in [0.5, 0.6) is 0 Å². The van der Waals surface area contributed by atoms with Gasteiger partial charge in [0.1, 0.15) is 0 Å². The van der Waals surface area contributed by atoms with Gasteiger partial charge in [-0.1, -0.05) is 60.6 Å². The predicted molar refractivity (Wildman–Crippen MR) is 90.6 cm³/mol. The average molecular weight is 319 g/mol. The SMILES string of the molecule is CCSC(=Nc1ccccc1Cl)NC(=O)c1ccccc1. The number of hydrogen-bond donors (Lipinski definition) is 1. The van der Waals surface area contributed by atoms with Gasteiger partial charge in [-0.25, -0.2) is 4.99 Å². The van der Waals surface area contributed by atoms with Gasteiger partial charge in [-0.15, -0.1) is 0 Å². The van der Waals surface area contributed by atoms with Crippen LogP contribution in [0, 0.1) is 0 Å². The van der Waals surface area contributed by atoms with Gasteiger partial charge >= 0.3 is 0 Å². The molecule has 0 aliphatic heterocycles. The number of rotatable bonds is 3. The molecule has 0 unspecified atom stereocenters. The largest absolute Gasteiger partial charge is 0.301 e. The summed E-state index contributed by atoms with van der Waals surface area (Å²) in [5.74, 6) is 0.626. The van der Waals surface area contributed by atoms with E-state index in [9.17, 15) is 4.79 Å². The van der Waals surface area contributed by atoms with Crippen LogP contribution >= 0.6 is 23.4 Å². The Morgan fingerprint density at radius 3 is 2.48 bits per heavy atom. The molecule has 0 spiro atoms. The van der Waals surface area contributed by atoms with Crippen LogP contribution in [-0.4, -0.2) is 16.8 Å². The van der Waals surface area contributed by atoms with E-state index < -0.39 is 0 Å². The molecule has 0 aromatic heterocycles. The molecule has 1 N–H and O–H groups in total. The maximum atomic E-state index is 12.2. The van der Waals surface area contributed by atoms with E-state index in [0.29, 0.717) is 21.4 Å². The number of nitrogens with zero attached hydrogens (tertiary/aromatic N) is 1. The van der Waals surface area contributed by atoms with Crippen LogP contribution in [0.2, 0.25) is 5.02 Å². The third kappa shape index (κ3) is 4.62. The minimum Gasteiger partial charge on any atom is -0.301 e. The van der Waals surface area contributed by atoms with Gasteiger partial charge in [0, 0.05) is 5.56 Å². The van der Waals surface area contributed by atoms with Crippen molar-refractivity contribution in [2.45, 2.75) is 6.92 Å². The summed E-state index contributed by atoms with van der Waals surface area (Å²) < 4.78 is 0. The third-order valence-electron chi connectivity index (χ3n) is 2.61. The van der Waals surface area contributed by atoms with Crippen molar-refractivity contribution < 1.29 is 4.79 Å². The molecule has 2 aromatic carbocycles. The first-order valence-electron chi connectivity index (χ1n) is 6.53. The molecule has 0 aliphatic carbocycles. The highest BCUT2D eigenvalue weighted by Crippen LogP contribution is 2.25. The van der Waals surface area contributed by atoms with Gasteiger partial charge in [0.15, 0.2) is 5.17 Å². The number of thioether (sulfide) groups is 1. The number of aliphatic imine (C=N–C) groups is 1. The van der Waals surface area contributed by atoms with Gasteiger partial charge in [0.25, 0.3) is 5.91 Å². The number of nitrogens with one attached hydrogen (secondary N) is 1. The van der Waals surface area contributed by atoms with Crippen molar-refractivity contribution >= 4 is 40.1 Å². The molecule has 0 radical (unpaired) electrons. The monoisotopic (exact) mass is 318 g/mol. The fourth-order valence-corrected chi connectivity index (χ4v) is 2.42. The van der Waals surface area contributed by atoms with E-state index in [4.69, 9.17) is 11.6 Å². The van der Waals surface area contributed by atoms with Crippen molar-refractivity contribution in [2.75, 3.05) is 5.75 Å². The van der Waals surface area contributed by atoms with Crippen molar-refractivity contribution in [2.24, 2.45) is 4.99 Å². The maximum Gasteiger partial charge on any atom is 0.257 e. The Labute approximate surface area is 133 Å². The standard InChI is InChI=1S/C16H15ClN2OS/c1-2-21-16(18-14-11-7-6-10-13(14)17)19-15(20)12-8-4-3-5-9-12/h3-11H,2H2,1H3,(H,18,19,20). The minimum atomic E-state index is -0.178. The zero-order valence-electron chi connectivity index (χ0n) is 11.5. The molecule has 0 atom stereocenters. The van der Waals surface area contributed by atoms with Crippen LogP contribution in [0.1, 0.15) is 17.3 Å². The van der Waals surface area contributed by atoms with Crippen LogP contribution in [-0.2, 0) is 0 Å². The number of benzene rings is 2. The Morgan fingerprint density at radius 2 is 1.81 bits per heavy atom. The molecular formula is C16H15ClN2OS. The zero-order valence-corrected chi connectivity index (χ0v) is 13.1. The molecule has 5 heteroatoms. The molecular weight excluding hydrogens is 304 g/mol. The number of halogens is 1. The highest BCUT2D eigenvalue weighted by atomic mass is 35.5. The second kappa shape index (κ2) is 7.86. The maximum absolute atomic E-state index is 12.2. The average Bonchev–Trinajstić information content (AvgIpc) is 2.50. The Hall–Kier alpha value is -1.78. The molecule has 1 amide bonds. The summed E-state index contributed by atoms with van der Waals surface area (Å²) in [4.78, 5) is 16.6. The van der Waals surface area contributed by atoms with Crippen LogP contribution in [0.25, 0.3) is 0 Å². The lowest BCUT2D eigenvalue weighted by atomic mass is 10.2. The second-order valence-electron chi connectivity index (χ2n) is 4.12. The molecule has 21 heavy (non-hydrogen) atoms. The van der Waals surface area contributed by atoms with E-state index in [1.54, 1.807) is 18.2 Å². The fraction of sp³-hybridized carbons (Fsp3) is 0.125. The number of carbonyl (C=O) groups excluding carboxylic acids is 1. The lowest BCUT2D eigenvalue weighted by molar-refractivity contribution is 0.0978. The van der Waals surface area contributed by atoms with Crippen molar-refractivity contribution in [1.82, 2.24) is 5.32 Å². The first kappa shape index (κ1) is 15.6. The van der Waals surface area contributed by atoms with Crippen molar-refractivity contribution in [3.63, 3.8) is 0 Å². The zero-order chi connectivity index (χ0) is 15.1. The van der Waals surface area contributed by atoms with Gasteiger partial charge in [-0.3, -0.25) is 4.79 Å². The Kier molecular flexibility index (Phi) is 5.84. The summed E-state index contributed by atoms with van der Waals surface area (Å²) in [6.45, 7) is 2.00. The van der Waals surface area contributed by atoms with Crippen LogP contribution in [0.4, 0.5) is 5.69 Å². The van der Waals surface area contributed by atoms with E-state index >= 15 is 0 Å². The Bertz CT molecular complexity index is 644. The molecule has 0 aliphatic rings. The van der Waals surface area contributed by atoms with Gasteiger partial charge < -0.3 is 5.32 Å². The van der Waals surface area contributed by atoms with Gasteiger partial charge in [0.2, 0.25) is 0 Å². The number of para-hydroxylation sites is 1. The summed E-state index contributed by atoms with van der Waals surface area (Å²) >= 11 is 7.56. The highest BCUT2D eigenvalue weighted by molar-refractivity contribution is 8.13. The summed E-state index contributed by atoms with van der Waals surface area (Å²) in [5.41, 5.74) is 1.24. The van der Waals surface area contributed by atoms with Gasteiger partial charge in [0.05, 0.1) is 10.7 Å². The van der Waals surface area contributed by atoms with E-state index in [1.165, 1.54) is 11.8 Å².